The summed E-state index contributed by atoms with van der Waals surface area (Å²) in [5.41, 5.74) is 0.857. The summed E-state index contributed by atoms with van der Waals surface area (Å²) in [7, 11) is 1.25. The van der Waals surface area contributed by atoms with E-state index in [2.05, 4.69) is 4.74 Å². The van der Waals surface area contributed by atoms with Crippen LogP contribution in [0.3, 0.4) is 0 Å². The van der Waals surface area contributed by atoms with Crippen molar-refractivity contribution < 1.29 is 23.9 Å². The highest BCUT2D eigenvalue weighted by Crippen LogP contribution is 2.34. The van der Waals surface area contributed by atoms with E-state index in [0.29, 0.717) is 17.0 Å². The van der Waals surface area contributed by atoms with Crippen LogP contribution < -0.4 is 9.64 Å². The van der Waals surface area contributed by atoms with Crippen molar-refractivity contribution in [3.8, 4) is 5.75 Å². The number of amides is 1. The zero-order chi connectivity index (χ0) is 14.9. The van der Waals surface area contributed by atoms with Crippen LogP contribution in [0.25, 0.3) is 0 Å². The van der Waals surface area contributed by atoms with Gasteiger partial charge in [-0.1, -0.05) is 0 Å². The summed E-state index contributed by atoms with van der Waals surface area (Å²) < 4.78 is 10.1. The van der Waals surface area contributed by atoms with E-state index >= 15 is 0 Å². The first-order valence-corrected chi connectivity index (χ1v) is 6.14. The van der Waals surface area contributed by atoms with Gasteiger partial charge in [0.15, 0.2) is 11.9 Å². The molecule has 1 aliphatic heterocycles. The van der Waals surface area contributed by atoms with E-state index in [1.54, 1.807) is 25.1 Å². The van der Waals surface area contributed by atoms with Gasteiger partial charge in [0, 0.05) is 5.56 Å². The number of carbonyl (C=O) groups excluding carboxylic acids is 3. The van der Waals surface area contributed by atoms with E-state index in [1.165, 1.54) is 18.9 Å². The first-order chi connectivity index (χ1) is 9.43. The van der Waals surface area contributed by atoms with Gasteiger partial charge >= 0.3 is 5.97 Å². The van der Waals surface area contributed by atoms with E-state index in [9.17, 15) is 14.4 Å². The Morgan fingerprint density at radius 3 is 2.70 bits per heavy atom. The Kier molecular flexibility index (Phi) is 3.74. The molecule has 1 heterocycles. The molecule has 1 amide bonds. The largest absolute Gasteiger partial charge is 0.479 e. The number of benzene rings is 1. The molecular formula is C14H15NO5. The second kappa shape index (κ2) is 5.32. The lowest BCUT2D eigenvalue weighted by molar-refractivity contribution is -0.140. The third-order valence-corrected chi connectivity index (χ3v) is 3.09. The first kappa shape index (κ1) is 14.0. The van der Waals surface area contributed by atoms with Gasteiger partial charge in [0.05, 0.1) is 12.8 Å². The lowest BCUT2D eigenvalue weighted by atomic mass is 10.1. The molecule has 20 heavy (non-hydrogen) atoms. The number of fused-ring (bicyclic) bond motifs is 1. The predicted molar refractivity (Wildman–Crippen MR) is 70.9 cm³/mol. The predicted octanol–water partition coefficient (Wildman–Crippen LogP) is 1.18. The molecule has 0 fully saturated rings. The van der Waals surface area contributed by atoms with Crippen LogP contribution in [-0.2, 0) is 14.3 Å². The first-order valence-electron chi connectivity index (χ1n) is 6.14. The number of esters is 1. The Morgan fingerprint density at radius 2 is 2.10 bits per heavy atom. The Bertz CT molecular complexity index is 581. The Labute approximate surface area is 116 Å². The minimum Gasteiger partial charge on any atom is -0.479 e. The van der Waals surface area contributed by atoms with Crippen LogP contribution in [0.2, 0.25) is 0 Å². The number of rotatable bonds is 3. The van der Waals surface area contributed by atoms with Crippen molar-refractivity contribution in [2.45, 2.75) is 20.0 Å². The summed E-state index contributed by atoms with van der Waals surface area (Å²) in [6.45, 7) is 2.83. The minimum atomic E-state index is -0.685. The van der Waals surface area contributed by atoms with Crippen molar-refractivity contribution >= 4 is 23.3 Å². The number of hydrogen-bond donors (Lipinski definition) is 0. The Morgan fingerprint density at radius 1 is 1.40 bits per heavy atom. The van der Waals surface area contributed by atoms with Gasteiger partial charge < -0.3 is 9.47 Å². The van der Waals surface area contributed by atoms with E-state index in [-0.39, 0.29) is 18.2 Å². The molecule has 1 aromatic carbocycles. The molecule has 0 spiro atoms. The second-order valence-corrected chi connectivity index (χ2v) is 4.50. The molecule has 0 saturated heterocycles. The molecule has 1 unspecified atom stereocenters. The van der Waals surface area contributed by atoms with Crippen molar-refractivity contribution in [2.24, 2.45) is 0 Å². The summed E-state index contributed by atoms with van der Waals surface area (Å²) in [4.78, 5) is 36.3. The molecule has 106 valence electrons. The molecule has 1 aromatic rings. The number of methoxy groups -OCH3 is 1. The third-order valence-electron chi connectivity index (χ3n) is 3.09. The van der Waals surface area contributed by atoms with Crippen LogP contribution >= 0.6 is 0 Å². The van der Waals surface area contributed by atoms with E-state index in [0.717, 1.165) is 0 Å². The highest BCUT2D eigenvalue weighted by Gasteiger charge is 2.33. The number of Topliss-reactive ketones (excluding diaryl/α,β-unsaturated/α-hetero) is 1. The number of ether oxygens (including phenoxy) is 2. The summed E-state index contributed by atoms with van der Waals surface area (Å²) in [6.07, 6.45) is -0.685. The van der Waals surface area contributed by atoms with Crippen LogP contribution in [0.5, 0.6) is 5.75 Å². The van der Waals surface area contributed by atoms with Crippen molar-refractivity contribution in [2.75, 3.05) is 18.6 Å². The normalized spacial score (nSPS) is 17.2. The van der Waals surface area contributed by atoms with Gasteiger partial charge in [-0.05, 0) is 32.0 Å². The Balaban J connectivity index is 2.46. The number of nitrogens with zero attached hydrogens (tertiary/aromatic N) is 1. The van der Waals surface area contributed by atoms with Crippen molar-refractivity contribution in [1.82, 2.24) is 0 Å². The molecule has 2 rings (SSSR count). The van der Waals surface area contributed by atoms with Gasteiger partial charge in [-0.3, -0.25) is 19.3 Å². The molecule has 1 aliphatic rings. The highest BCUT2D eigenvalue weighted by atomic mass is 16.5. The number of ketones is 1. The molecule has 0 radical (unpaired) electrons. The van der Waals surface area contributed by atoms with Crippen LogP contribution in [0.4, 0.5) is 5.69 Å². The number of anilines is 1. The van der Waals surface area contributed by atoms with Gasteiger partial charge in [-0.15, -0.1) is 0 Å². The maximum Gasteiger partial charge on any atom is 0.325 e. The van der Waals surface area contributed by atoms with E-state index in [1.807, 2.05) is 0 Å². The van der Waals surface area contributed by atoms with Crippen LogP contribution in [0.15, 0.2) is 18.2 Å². The summed E-state index contributed by atoms with van der Waals surface area (Å²) in [5, 5.41) is 0. The average Bonchev–Trinajstić information content (AvgIpc) is 2.43. The molecule has 0 N–H and O–H groups in total. The smallest absolute Gasteiger partial charge is 0.325 e. The van der Waals surface area contributed by atoms with Gasteiger partial charge in [-0.2, -0.15) is 0 Å². The van der Waals surface area contributed by atoms with Crippen LogP contribution in [-0.4, -0.2) is 37.4 Å². The Hall–Kier alpha value is -2.37. The molecule has 0 aromatic heterocycles. The zero-order valence-corrected chi connectivity index (χ0v) is 11.5. The fourth-order valence-corrected chi connectivity index (χ4v) is 1.98. The second-order valence-electron chi connectivity index (χ2n) is 4.50. The zero-order valence-electron chi connectivity index (χ0n) is 11.5. The molecule has 1 atom stereocenters. The number of carbonyl (C=O) groups is 3. The minimum absolute atomic E-state index is 0.128. The number of hydrogen-bond acceptors (Lipinski definition) is 5. The van der Waals surface area contributed by atoms with Gasteiger partial charge in [0.25, 0.3) is 5.91 Å². The molecule has 0 saturated carbocycles. The SMILES string of the molecule is COC(=O)CN1C(=O)C(C)Oc2ccc(C(C)=O)cc21. The van der Waals surface area contributed by atoms with E-state index < -0.39 is 12.1 Å². The summed E-state index contributed by atoms with van der Waals surface area (Å²) in [6, 6.07) is 4.80. The van der Waals surface area contributed by atoms with E-state index in [4.69, 9.17) is 4.74 Å². The van der Waals surface area contributed by atoms with Gasteiger partial charge in [-0.25, -0.2) is 0 Å². The van der Waals surface area contributed by atoms with Crippen molar-refractivity contribution in [3.05, 3.63) is 23.8 Å². The lowest BCUT2D eigenvalue weighted by Crippen LogP contribution is -2.47. The lowest BCUT2D eigenvalue weighted by Gasteiger charge is -2.32. The quantitative estimate of drug-likeness (QED) is 0.612. The van der Waals surface area contributed by atoms with Crippen molar-refractivity contribution in [1.29, 1.82) is 0 Å². The van der Waals surface area contributed by atoms with Gasteiger partial charge in [0.2, 0.25) is 0 Å². The van der Waals surface area contributed by atoms with Crippen LogP contribution in [0, 0.1) is 0 Å². The highest BCUT2D eigenvalue weighted by molar-refractivity contribution is 6.04. The fraction of sp³-hybridized carbons (Fsp3) is 0.357. The third kappa shape index (κ3) is 2.49. The monoisotopic (exact) mass is 277 g/mol. The summed E-state index contributed by atoms with van der Waals surface area (Å²) in [5.74, 6) is -0.543. The molecule has 6 nitrogen and oxygen atoms in total. The molecule has 0 bridgehead atoms. The molecule has 6 heteroatoms. The fourth-order valence-electron chi connectivity index (χ4n) is 1.98. The van der Waals surface area contributed by atoms with Crippen LogP contribution in [0.1, 0.15) is 24.2 Å². The molecular weight excluding hydrogens is 262 g/mol. The standard InChI is InChI=1S/C14H15NO5/c1-8(16)10-4-5-12-11(6-10)15(7-13(17)19-3)14(18)9(2)20-12/h4-6,9H,7H2,1-3H3. The average molecular weight is 277 g/mol. The van der Waals surface area contributed by atoms with Gasteiger partial charge in [0.1, 0.15) is 12.3 Å². The molecule has 0 aliphatic carbocycles. The van der Waals surface area contributed by atoms with Crippen molar-refractivity contribution in [3.63, 3.8) is 0 Å². The maximum atomic E-state index is 12.1. The topological polar surface area (TPSA) is 72.9 Å². The maximum absolute atomic E-state index is 12.1. The summed E-state index contributed by atoms with van der Waals surface area (Å²) >= 11 is 0.